The van der Waals surface area contributed by atoms with E-state index < -0.39 is 0 Å². The molecular formula is C18H30N4O2S. The molecular weight excluding hydrogens is 336 g/mol. The van der Waals surface area contributed by atoms with Gasteiger partial charge in [0.05, 0.1) is 12.2 Å². The van der Waals surface area contributed by atoms with Crippen LogP contribution in [0.2, 0.25) is 0 Å². The summed E-state index contributed by atoms with van der Waals surface area (Å²) < 4.78 is 0. The van der Waals surface area contributed by atoms with Gasteiger partial charge in [0, 0.05) is 46.2 Å². The highest BCUT2D eigenvalue weighted by Gasteiger charge is 2.26. The summed E-state index contributed by atoms with van der Waals surface area (Å²) >= 11 is 1.48. The average molecular weight is 367 g/mol. The van der Waals surface area contributed by atoms with Crippen molar-refractivity contribution in [3.05, 3.63) is 15.6 Å². The third kappa shape index (κ3) is 4.79. The van der Waals surface area contributed by atoms with Crippen molar-refractivity contribution in [2.75, 3.05) is 40.3 Å². The van der Waals surface area contributed by atoms with Gasteiger partial charge in [0.15, 0.2) is 0 Å². The molecule has 1 aliphatic heterocycles. The molecule has 1 aromatic rings. The zero-order valence-electron chi connectivity index (χ0n) is 16.0. The molecule has 25 heavy (non-hydrogen) atoms. The molecule has 1 aliphatic rings. The van der Waals surface area contributed by atoms with Crippen LogP contribution in [0.15, 0.2) is 0 Å². The van der Waals surface area contributed by atoms with Gasteiger partial charge in [-0.15, -0.1) is 11.3 Å². The van der Waals surface area contributed by atoms with Crippen LogP contribution in [-0.4, -0.2) is 71.8 Å². The second-order valence-corrected chi connectivity index (χ2v) is 7.92. The number of carbonyl (C=O) groups excluding carboxylic acids is 2. The Bertz CT molecular complexity index is 602. The lowest BCUT2D eigenvalue weighted by atomic mass is 10.0. The summed E-state index contributed by atoms with van der Waals surface area (Å²) in [6.07, 6.45) is 1.83. The summed E-state index contributed by atoms with van der Waals surface area (Å²) in [7, 11) is 3.52. The number of hydrogen-bond acceptors (Lipinski definition) is 5. The Morgan fingerprint density at radius 3 is 2.28 bits per heavy atom. The van der Waals surface area contributed by atoms with E-state index in [1.165, 1.54) is 11.3 Å². The highest BCUT2D eigenvalue weighted by molar-refractivity contribution is 7.13. The number of aryl methyl sites for hydroxylation is 1. The SMILES string of the molecule is CCC(CC)C(=O)N1CCN(Cc2nc(C)c(C(=O)N(C)C)s2)CC1. The Labute approximate surface area is 154 Å². The molecule has 2 rings (SSSR count). The quantitative estimate of drug-likeness (QED) is 0.775. The molecule has 0 aromatic carbocycles. The number of nitrogens with zero attached hydrogens (tertiary/aromatic N) is 4. The predicted molar refractivity (Wildman–Crippen MR) is 101 cm³/mol. The smallest absolute Gasteiger partial charge is 0.265 e. The van der Waals surface area contributed by atoms with Crippen molar-refractivity contribution in [3.63, 3.8) is 0 Å². The lowest BCUT2D eigenvalue weighted by Gasteiger charge is -2.35. The number of hydrogen-bond donors (Lipinski definition) is 0. The van der Waals surface area contributed by atoms with Crippen LogP contribution < -0.4 is 0 Å². The highest BCUT2D eigenvalue weighted by Crippen LogP contribution is 2.22. The van der Waals surface area contributed by atoms with Crippen LogP contribution in [0.5, 0.6) is 0 Å². The predicted octanol–water partition coefficient (Wildman–Crippen LogP) is 2.23. The maximum absolute atomic E-state index is 12.5. The molecule has 0 radical (unpaired) electrons. The molecule has 0 aliphatic carbocycles. The maximum atomic E-state index is 12.5. The van der Waals surface area contributed by atoms with Crippen molar-refractivity contribution in [1.29, 1.82) is 0 Å². The van der Waals surface area contributed by atoms with Crippen molar-refractivity contribution in [1.82, 2.24) is 19.7 Å². The first-order chi connectivity index (χ1) is 11.9. The molecule has 1 fully saturated rings. The Morgan fingerprint density at radius 1 is 1.16 bits per heavy atom. The van der Waals surface area contributed by atoms with Crippen LogP contribution in [0.1, 0.15) is 47.1 Å². The summed E-state index contributed by atoms with van der Waals surface area (Å²) in [4.78, 5) is 35.8. The van der Waals surface area contributed by atoms with Crippen molar-refractivity contribution < 1.29 is 9.59 Å². The summed E-state index contributed by atoms with van der Waals surface area (Å²) in [5.74, 6) is 0.475. The largest absolute Gasteiger partial charge is 0.344 e. The molecule has 0 atom stereocenters. The van der Waals surface area contributed by atoms with E-state index in [-0.39, 0.29) is 11.8 Å². The molecule has 1 aromatic heterocycles. The molecule has 2 amide bonds. The molecule has 7 heteroatoms. The zero-order chi connectivity index (χ0) is 18.6. The van der Waals surface area contributed by atoms with Gasteiger partial charge < -0.3 is 9.80 Å². The van der Waals surface area contributed by atoms with E-state index in [9.17, 15) is 9.59 Å². The van der Waals surface area contributed by atoms with Gasteiger partial charge in [-0.1, -0.05) is 13.8 Å². The maximum Gasteiger partial charge on any atom is 0.265 e. The van der Waals surface area contributed by atoms with Crippen LogP contribution in [0.25, 0.3) is 0 Å². The molecule has 0 spiro atoms. The van der Waals surface area contributed by atoms with Crippen LogP contribution in [0.3, 0.4) is 0 Å². The monoisotopic (exact) mass is 366 g/mol. The van der Waals surface area contributed by atoms with Crippen LogP contribution in [-0.2, 0) is 11.3 Å². The van der Waals surface area contributed by atoms with E-state index in [0.717, 1.165) is 61.1 Å². The fourth-order valence-corrected chi connectivity index (χ4v) is 4.26. The standard InChI is InChI=1S/C18H30N4O2S/c1-6-14(7-2)17(23)22-10-8-21(9-11-22)12-15-19-13(3)16(25-15)18(24)20(4)5/h14H,6-12H2,1-5H3. The van der Waals surface area contributed by atoms with Gasteiger partial charge >= 0.3 is 0 Å². The fourth-order valence-electron chi connectivity index (χ4n) is 3.14. The Balaban J connectivity index is 1.91. The number of aromatic nitrogens is 1. The molecule has 1 saturated heterocycles. The van der Waals surface area contributed by atoms with Gasteiger partial charge in [-0.25, -0.2) is 4.98 Å². The lowest BCUT2D eigenvalue weighted by Crippen LogP contribution is -2.49. The normalized spacial score (nSPS) is 15.7. The van der Waals surface area contributed by atoms with E-state index >= 15 is 0 Å². The zero-order valence-corrected chi connectivity index (χ0v) is 16.9. The van der Waals surface area contributed by atoms with Gasteiger partial charge in [0.1, 0.15) is 9.88 Å². The van der Waals surface area contributed by atoms with Crippen molar-refractivity contribution in [2.24, 2.45) is 5.92 Å². The first-order valence-corrected chi connectivity index (χ1v) is 9.88. The van der Waals surface area contributed by atoms with Gasteiger partial charge in [0.2, 0.25) is 5.91 Å². The number of amides is 2. The van der Waals surface area contributed by atoms with Crippen molar-refractivity contribution >= 4 is 23.2 Å². The minimum atomic E-state index is 0.0156. The average Bonchev–Trinajstić information content (AvgIpc) is 2.95. The van der Waals surface area contributed by atoms with Crippen molar-refractivity contribution in [3.8, 4) is 0 Å². The molecule has 0 bridgehead atoms. The van der Waals surface area contributed by atoms with Gasteiger partial charge in [-0.05, 0) is 19.8 Å². The van der Waals surface area contributed by atoms with Gasteiger partial charge in [0.25, 0.3) is 5.91 Å². The minimum absolute atomic E-state index is 0.0156. The van der Waals surface area contributed by atoms with Crippen molar-refractivity contribution in [2.45, 2.75) is 40.2 Å². The van der Waals surface area contributed by atoms with Crippen LogP contribution in [0, 0.1) is 12.8 Å². The number of piperazine rings is 1. The Hall–Kier alpha value is -1.47. The van der Waals surface area contributed by atoms with E-state index in [0.29, 0.717) is 5.91 Å². The molecule has 6 nitrogen and oxygen atoms in total. The third-order valence-electron chi connectivity index (χ3n) is 4.82. The summed E-state index contributed by atoms with van der Waals surface area (Å²) in [6, 6.07) is 0. The first kappa shape index (κ1) is 19.8. The Morgan fingerprint density at radius 2 is 1.76 bits per heavy atom. The second-order valence-electron chi connectivity index (χ2n) is 6.84. The lowest BCUT2D eigenvalue weighted by molar-refractivity contribution is -0.137. The van der Waals surface area contributed by atoms with Crippen LogP contribution in [0.4, 0.5) is 0 Å². The summed E-state index contributed by atoms with van der Waals surface area (Å²) in [5, 5.41) is 0.975. The molecule has 0 N–H and O–H groups in total. The molecule has 0 saturated carbocycles. The summed E-state index contributed by atoms with van der Waals surface area (Å²) in [5.41, 5.74) is 0.807. The van der Waals surface area contributed by atoms with E-state index in [1.54, 1.807) is 19.0 Å². The van der Waals surface area contributed by atoms with E-state index in [2.05, 4.69) is 23.7 Å². The van der Waals surface area contributed by atoms with E-state index in [4.69, 9.17) is 0 Å². The highest BCUT2D eigenvalue weighted by atomic mass is 32.1. The number of thiazole rings is 1. The number of rotatable bonds is 6. The molecule has 0 unspecified atom stereocenters. The van der Waals surface area contributed by atoms with E-state index in [1.807, 2.05) is 11.8 Å². The third-order valence-corrected chi connectivity index (χ3v) is 5.95. The van der Waals surface area contributed by atoms with Gasteiger partial charge in [-0.3, -0.25) is 14.5 Å². The minimum Gasteiger partial charge on any atom is -0.344 e. The van der Waals surface area contributed by atoms with Crippen LogP contribution >= 0.6 is 11.3 Å². The number of carbonyl (C=O) groups is 2. The van der Waals surface area contributed by atoms with Gasteiger partial charge in [-0.2, -0.15) is 0 Å². The molecule has 2 heterocycles. The first-order valence-electron chi connectivity index (χ1n) is 9.06. The topological polar surface area (TPSA) is 56.8 Å². The fraction of sp³-hybridized carbons (Fsp3) is 0.722. The second kappa shape index (κ2) is 8.76. The molecule has 140 valence electrons. The summed E-state index contributed by atoms with van der Waals surface area (Å²) in [6.45, 7) is 10.1. The Kier molecular flexibility index (Phi) is 6.95.